The Hall–Kier alpha value is -0.770. The Morgan fingerprint density at radius 1 is 1.50 bits per heavy atom. The van der Waals surface area contributed by atoms with Gasteiger partial charge in [0.25, 0.3) is 0 Å². The van der Waals surface area contributed by atoms with E-state index >= 15 is 0 Å². The fourth-order valence-electron chi connectivity index (χ4n) is 2.59. The quantitative estimate of drug-likeness (QED) is 0.888. The summed E-state index contributed by atoms with van der Waals surface area (Å²) in [7, 11) is 0. The second kappa shape index (κ2) is 8.50. The fraction of sp³-hybridized carbons (Fsp3) is 0.533. The number of benzene rings is 1. The Labute approximate surface area is 131 Å². The highest BCUT2D eigenvalue weighted by Gasteiger charge is 2.22. The molecule has 2 atom stereocenters. The summed E-state index contributed by atoms with van der Waals surface area (Å²) in [6.45, 7) is 4.29. The third-order valence-electron chi connectivity index (χ3n) is 3.80. The molecule has 3 nitrogen and oxygen atoms in total. The Kier molecular flexibility index (Phi) is 7.35. The van der Waals surface area contributed by atoms with E-state index in [1.165, 1.54) is 12.8 Å². The highest BCUT2D eigenvalue weighted by molar-refractivity contribution is 6.33. The molecule has 0 aromatic heterocycles. The molecule has 0 radical (unpaired) electrons. The first-order valence-corrected chi connectivity index (χ1v) is 7.29. The van der Waals surface area contributed by atoms with E-state index in [0.717, 1.165) is 13.1 Å². The van der Waals surface area contributed by atoms with Gasteiger partial charge in [0, 0.05) is 6.42 Å². The van der Waals surface area contributed by atoms with E-state index in [4.69, 9.17) is 11.6 Å². The third-order valence-corrected chi connectivity index (χ3v) is 4.12. The van der Waals surface area contributed by atoms with E-state index in [2.05, 4.69) is 17.6 Å². The number of halogens is 2. The van der Waals surface area contributed by atoms with Crippen molar-refractivity contribution in [3.63, 3.8) is 0 Å². The van der Waals surface area contributed by atoms with Crippen molar-refractivity contribution >= 4 is 35.6 Å². The van der Waals surface area contributed by atoms with Gasteiger partial charge >= 0.3 is 0 Å². The zero-order valence-electron chi connectivity index (χ0n) is 11.7. The molecule has 1 aliphatic rings. The number of amides is 1. The van der Waals surface area contributed by atoms with Crippen molar-refractivity contribution < 1.29 is 4.79 Å². The number of nitrogens with one attached hydrogen (secondary N) is 2. The van der Waals surface area contributed by atoms with E-state index in [9.17, 15) is 4.79 Å². The predicted molar refractivity (Wildman–Crippen MR) is 86.7 cm³/mol. The van der Waals surface area contributed by atoms with Gasteiger partial charge in [0.2, 0.25) is 5.91 Å². The van der Waals surface area contributed by atoms with Gasteiger partial charge in [-0.3, -0.25) is 4.79 Å². The Morgan fingerprint density at radius 3 is 2.90 bits per heavy atom. The average Bonchev–Trinajstić information content (AvgIpc) is 2.42. The number of hydrogen-bond acceptors (Lipinski definition) is 2. The fourth-order valence-corrected chi connectivity index (χ4v) is 2.77. The zero-order valence-corrected chi connectivity index (χ0v) is 13.3. The van der Waals surface area contributed by atoms with Crippen molar-refractivity contribution in [1.29, 1.82) is 0 Å². The number of piperidine rings is 1. The molecule has 5 heteroatoms. The van der Waals surface area contributed by atoms with Crippen LogP contribution in [0.15, 0.2) is 24.3 Å². The highest BCUT2D eigenvalue weighted by Crippen LogP contribution is 2.24. The Bertz CT molecular complexity index is 434. The molecule has 0 aliphatic carbocycles. The van der Waals surface area contributed by atoms with Gasteiger partial charge in [0.15, 0.2) is 0 Å². The smallest absolute Gasteiger partial charge is 0.224 e. The Morgan fingerprint density at radius 2 is 2.25 bits per heavy atom. The number of anilines is 1. The van der Waals surface area contributed by atoms with Gasteiger partial charge in [0.1, 0.15) is 0 Å². The van der Waals surface area contributed by atoms with Gasteiger partial charge in [-0.05, 0) is 49.9 Å². The van der Waals surface area contributed by atoms with Crippen LogP contribution in [0, 0.1) is 11.8 Å². The molecule has 1 aromatic carbocycles. The third kappa shape index (κ3) is 4.97. The summed E-state index contributed by atoms with van der Waals surface area (Å²) in [4.78, 5) is 12.0. The van der Waals surface area contributed by atoms with Crippen LogP contribution in [0.3, 0.4) is 0 Å². The maximum Gasteiger partial charge on any atom is 0.224 e. The number of carbonyl (C=O) groups is 1. The van der Waals surface area contributed by atoms with Crippen LogP contribution < -0.4 is 10.6 Å². The summed E-state index contributed by atoms with van der Waals surface area (Å²) in [5.74, 6) is 1.05. The second-order valence-electron chi connectivity index (χ2n) is 5.32. The van der Waals surface area contributed by atoms with Gasteiger partial charge in [-0.2, -0.15) is 0 Å². The van der Waals surface area contributed by atoms with Gasteiger partial charge in [-0.1, -0.05) is 30.7 Å². The molecule has 1 heterocycles. The normalized spacial score (nSPS) is 19.8. The minimum atomic E-state index is 0. The van der Waals surface area contributed by atoms with Crippen LogP contribution in [0.2, 0.25) is 5.02 Å². The summed E-state index contributed by atoms with van der Waals surface area (Å²) >= 11 is 6.03. The van der Waals surface area contributed by atoms with Crippen LogP contribution in [-0.2, 0) is 4.79 Å². The summed E-state index contributed by atoms with van der Waals surface area (Å²) in [5.41, 5.74) is 0.697. The van der Waals surface area contributed by atoms with Crippen molar-refractivity contribution in [2.24, 2.45) is 11.8 Å². The van der Waals surface area contributed by atoms with Crippen molar-refractivity contribution in [1.82, 2.24) is 5.32 Å². The van der Waals surface area contributed by atoms with Crippen LogP contribution in [0.1, 0.15) is 26.2 Å². The molecule has 0 saturated carbocycles. The SMILES string of the molecule is CC(CC(=O)Nc1ccccc1Cl)C1CCCNC1.Cl. The first kappa shape index (κ1) is 17.3. The molecule has 1 saturated heterocycles. The monoisotopic (exact) mass is 316 g/mol. The Balaban J connectivity index is 0.00000200. The van der Waals surface area contributed by atoms with Gasteiger partial charge in [-0.15, -0.1) is 12.4 Å². The lowest BCUT2D eigenvalue weighted by atomic mass is 9.85. The lowest BCUT2D eigenvalue weighted by Gasteiger charge is -2.28. The van der Waals surface area contributed by atoms with Crippen molar-refractivity contribution in [3.05, 3.63) is 29.3 Å². The van der Waals surface area contributed by atoms with Gasteiger partial charge in [0.05, 0.1) is 10.7 Å². The molecule has 2 rings (SSSR count). The maximum absolute atomic E-state index is 12.0. The maximum atomic E-state index is 12.0. The lowest BCUT2D eigenvalue weighted by Crippen LogP contribution is -2.34. The van der Waals surface area contributed by atoms with E-state index in [0.29, 0.717) is 29.0 Å². The average molecular weight is 317 g/mol. The molecule has 1 amide bonds. The first-order valence-electron chi connectivity index (χ1n) is 6.92. The first-order chi connectivity index (χ1) is 9.16. The molecule has 20 heavy (non-hydrogen) atoms. The minimum Gasteiger partial charge on any atom is -0.325 e. The van der Waals surface area contributed by atoms with Crippen LogP contribution in [0.25, 0.3) is 0 Å². The summed E-state index contributed by atoms with van der Waals surface area (Å²) in [6, 6.07) is 7.34. The van der Waals surface area contributed by atoms with E-state index in [1.807, 2.05) is 18.2 Å². The van der Waals surface area contributed by atoms with Crippen molar-refractivity contribution in [2.45, 2.75) is 26.2 Å². The highest BCUT2D eigenvalue weighted by atomic mass is 35.5. The van der Waals surface area contributed by atoms with Gasteiger partial charge < -0.3 is 10.6 Å². The van der Waals surface area contributed by atoms with E-state index in [-0.39, 0.29) is 18.3 Å². The number of carbonyl (C=O) groups excluding carboxylic acids is 1. The molecule has 0 spiro atoms. The predicted octanol–water partition coefficient (Wildman–Crippen LogP) is 3.73. The number of hydrogen-bond donors (Lipinski definition) is 2. The molecular weight excluding hydrogens is 295 g/mol. The minimum absolute atomic E-state index is 0. The molecular formula is C15H22Cl2N2O. The van der Waals surface area contributed by atoms with Crippen LogP contribution in [-0.4, -0.2) is 19.0 Å². The number of para-hydroxylation sites is 1. The number of rotatable bonds is 4. The van der Waals surface area contributed by atoms with Crippen LogP contribution >= 0.6 is 24.0 Å². The largest absolute Gasteiger partial charge is 0.325 e. The molecule has 0 bridgehead atoms. The molecule has 1 aromatic rings. The van der Waals surface area contributed by atoms with E-state index < -0.39 is 0 Å². The molecule has 1 fully saturated rings. The molecule has 2 unspecified atom stereocenters. The van der Waals surface area contributed by atoms with Crippen LogP contribution in [0.5, 0.6) is 0 Å². The molecule has 112 valence electrons. The summed E-state index contributed by atoms with van der Waals surface area (Å²) < 4.78 is 0. The van der Waals surface area contributed by atoms with Crippen LogP contribution in [0.4, 0.5) is 5.69 Å². The summed E-state index contributed by atoms with van der Waals surface area (Å²) in [5, 5.41) is 6.87. The van der Waals surface area contributed by atoms with Crippen molar-refractivity contribution in [2.75, 3.05) is 18.4 Å². The topological polar surface area (TPSA) is 41.1 Å². The molecule has 2 N–H and O–H groups in total. The zero-order chi connectivity index (χ0) is 13.7. The summed E-state index contributed by atoms with van der Waals surface area (Å²) in [6.07, 6.45) is 2.98. The molecule has 1 aliphatic heterocycles. The van der Waals surface area contributed by atoms with Gasteiger partial charge in [-0.25, -0.2) is 0 Å². The second-order valence-corrected chi connectivity index (χ2v) is 5.72. The lowest BCUT2D eigenvalue weighted by molar-refractivity contribution is -0.117. The van der Waals surface area contributed by atoms with E-state index in [1.54, 1.807) is 6.07 Å². The van der Waals surface area contributed by atoms with Crippen molar-refractivity contribution in [3.8, 4) is 0 Å². The standard InChI is InChI=1S/C15H21ClN2O.ClH/c1-11(12-5-4-8-17-10-12)9-15(19)18-14-7-3-2-6-13(14)16;/h2-3,6-7,11-12,17H,4-5,8-10H2,1H3,(H,18,19);1H.